The van der Waals surface area contributed by atoms with E-state index in [-0.39, 0.29) is 30.1 Å². The van der Waals surface area contributed by atoms with Gasteiger partial charge in [0.2, 0.25) is 0 Å². The number of fused-ring (bicyclic) bond motifs is 1. The summed E-state index contributed by atoms with van der Waals surface area (Å²) in [4.78, 5) is 4.12. The number of para-hydroxylation sites is 2. The van der Waals surface area contributed by atoms with Gasteiger partial charge >= 0.3 is 0 Å². The molecule has 5 nitrogen and oxygen atoms in total. The predicted molar refractivity (Wildman–Crippen MR) is 111 cm³/mol. The fraction of sp³-hybridized carbons (Fsp3) is 0.316. The largest absolute Gasteiger partial charge is 0.486 e. The third kappa shape index (κ3) is 5.69. The van der Waals surface area contributed by atoms with E-state index in [4.69, 9.17) is 9.47 Å². The fourth-order valence-electron chi connectivity index (χ4n) is 2.65. The molecule has 0 aliphatic carbocycles. The number of halogens is 3. The summed E-state index contributed by atoms with van der Waals surface area (Å²) < 4.78 is 38.4. The zero-order valence-electron chi connectivity index (χ0n) is 14.9. The van der Waals surface area contributed by atoms with Gasteiger partial charge in [-0.3, -0.25) is 4.99 Å². The normalized spacial score (nSPS) is 15.7. The standard InChI is InChI=1S/C19H21F2N3O2.HI/c1-22-19(23-10-9-13-5-4-6-15(20)18(13)21)24-11-14-12-25-16-7-2-3-8-17(16)26-14;/h2-8,14H,9-12H2,1H3,(H2,22,23,24);1H. The minimum Gasteiger partial charge on any atom is -0.486 e. The van der Waals surface area contributed by atoms with Gasteiger partial charge in [-0.15, -0.1) is 24.0 Å². The Bertz CT molecular complexity index is 789. The lowest BCUT2D eigenvalue weighted by Gasteiger charge is -2.27. The van der Waals surface area contributed by atoms with E-state index in [2.05, 4.69) is 15.6 Å². The Balaban J connectivity index is 0.00000261. The van der Waals surface area contributed by atoms with Crippen molar-refractivity contribution in [2.75, 3.05) is 26.7 Å². The highest BCUT2D eigenvalue weighted by molar-refractivity contribution is 14.0. The monoisotopic (exact) mass is 489 g/mol. The van der Waals surface area contributed by atoms with Crippen molar-refractivity contribution in [3.8, 4) is 11.5 Å². The molecule has 8 heteroatoms. The predicted octanol–water partition coefficient (Wildman–Crippen LogP) is 3.13. The molecule has 0 bridgehead atoms. The third-order valence-electron chi connectivity index (χ3n) is 4.01. The first kappa shape index (κ1) is 21.2. The molecule has 0 aromatic heterocycles. The summed E-state index contributed by atoms with van der Waals surface area (Å²) in [6, 6.07) is 11.7. The number of rotatable bonds is 5. The maximum absolute atomic E-state index is 13.6. The molecule has 0 radical (unpaired) electrons. The number of guanidine groups is 1. The van der Waals surface area contributed by atoms with Crippen LogP contribution in [0.25, 0.3) is 0 Å². The van der Waals surface area contributed by atoms with Gasteiger partial charge in [-0.05, 0) is 30.2 Å². The molecule has 0 spiro atoms. The molecule has 1 heterocycles. The number of nitrogens with one attached hydrogen (secondary N) is 2. The topological polar surface area (TPSA) is 54.9 Å². The second kappa shape index (κ2) is 10.3. The van der Waals surface area contributed by atoms with Crippen LogP contribution in [0.5, 0.6) is 11.5 Å². The summed E-state index contributed by atoms with van der Waals surface area (Å²) in [5, 5.41) is 6.22. The van der Waals surface area contributed by atoms with Crippen LogP contribution in [0, 0.1) is 11.6 Å². The van der Waals surface area contributed by atoms with Gasteiger partial charge in [0.25, 0.3) is 0 Å². The maximum atomic E-state index is 13.6. The summed E-state index contributed by atoms with van der Waals surface area (Å²) in [6.45, 7) is 1.36. The minimum atomic E-state index is -0.834. The number of ether oxygens (including phenoxy) is 2. The van der Waals surface area contributed by atoms with E-state index in [1.54, 1.807) is 13.1 Å². The Kier molecular flexibility index (Phi) is 8.08. The molecule has 2 N–H and O–H groups in total. The van der Waals surface area contributed by atoms with Crippen molar-refractivity contribution >= 4 is 29.9 Å². The average Bonchev–Trinajstić information content (AvgIpc) is 2.67. The first-order valence-electron chi connectivity index (χ1n) is 8.43. The molecule has 1 aliphatic heterocycles. The van der Waals surface area contributed by atoms with E-state index in [1.807, 2.05) is 24.3 Å². The number of nitrogens with zero attached hydrogens (tertiary/aromatic N) is 1. The highest BCUT2D eigenvalue weighted by atomic mass is 127. The second-order valence-corrected chi connectivity index (χ2v) is 5.84. The zero-order chi connectivity index (χ0) is 18.4. The molecule has 1 aliphatic rings. The third-order valence-corrected chi connectivity index (χ3v) is 4.01. The first-order valence-corrected chi connectivity index (χ1v) is 8.43. The maximum Gasteiger partial charge on any atom is 0.191 e. The highest BCUT2D eigenvalue weighted by Gasteiger charge is 2.20. The van der Waals surface area contributed by atoms with Crippen molar-refractivity contribution in [2.45, 2.75) is 12.5 Å². The summed E-state index contributed by atoms with van der Waals surface area (Å²) in [5.41, 5.74) is 0.327. The second-order valence-electron chi connectivity index (χ2n) is 5.84. The summed E-state index contributed by atoms with van der Waals surface area (Å²) in [6.07, 6.45) is 0.199. The summed E-state index contributed by atoms with van der Waals surface area (Å²) in [5.74, 6) is 0.381. The molecule has 3 rings (SSSR count). The van der Waals surface area contributed by atoms with Gasteiger partial charge in [0.05, 0.1) is 6.54 Å². The van der Waals surface area contributed by atoms with E-state index in [9.17, 15) is 8.78 Å². The first-order chi connectivity index (χ1) is 12.7. The van der Waals surface area contributed by atoms with E-state index in [1.165, 1.54) is 6.07 Å². The van der Waals surface area contributed by atoms with Crippen molar-refractivity contribution in [3.63, 3.8) is 0 Å². The molecular formula is C19H22F2IN3O2. The molecule has 0 saturated carbocycles. The van der Waals surface area contributed by atoms with E-state index >= 15 is 0 Å². The van der Waals surface area contributed by atoms with Gasteiger partial charge in [-0.1, -0.05) is 24.3 Å². The van der Waals surface area contributed by atoms with Crippen LogP contribution in [0.3, 0.4) is 0 Å². The lowest BCUT2D eigenvalue weighted by Crippen LogP contribution is -2.45. The van der Waals surface area contributed by atoms with Crippen molar-refractivity contribution in [1.82, 2.24) is 10.6 Å². The molecule has 1 atom stereocenters. The number of hydrogen-bond donors (Lipinski definition) is 2. The molecule has 27 heavy (non-hydrogen) atoms. The lowest BCUT2D eigenvalue weighted by atomic mass is 10.1. The zero-order valence-corrected chi connectivity index (χ0v) is 17.2. The fourth-order valence-corrected chi connectivity index (χ4v) is 2.65. The quantitative estimate of drug-likeness (QED) is 0.385. The number of hydrogen-bond acceptors (Lipinski definition) is 3. The Morgan fingerprint density at radius 1 is 1.11 bits per heavy atom. The van der Waals surface area contributed by atoms with Crippen LogP contribution >= 0.6 is 24.0 Å². The molecule has 0 saturated heterocycles. The molecule has 0 fully saturated rings. The number of aliphatic imine (C=N–C) groups is 1. The van der Waals surface area contributed by atoms with Gasteiger partial charge in [0.15, 0.2) is 29.1 Å². The van der Waals surface area contributed by atoms with Crippen LogP contribution in [0.4, 0.5) is 8.78 Å². The molecule has 1 unspecified atom stereocenters. The highest BCUT2D eigenvalue weighted by Crippen LogP contribution is 2.30. The van der Waals surface area contributed by atoms with Crippen LogP contribution in [-0.4, -0.2) is 38.8 Å². The van der Waals surface area contributed by atoms with E-state index in [0.29, 0.717) is 37.6 Å². The van der Waals surface area contributed by atoms with Gasteiger partial charge < -0.3 is 20.1 Å². The number of benzene rings is 2. The molecular weight excluding hydrogens is 467 g/mol. The minimum absolute atomic E-state index is 0. The van der Waals surface area contributed by atoms with Crippen LogP contribution in [0.15, 0.2) is 47.5 Å². The summed E-state index contributed by atoms with van der Waals surface area (Å²) >= 11 is 0. The van der Waals surface area contributed by atoms with Crippen molar-refractivity contribution in [1.29, 1.82) is 0 Å². The van der Waals surface area contributed by atoms with Crippen LogP contribution < -0.4 is 20.1 Å². The molecule has 146 valence electrons. The van der Waals surface area contributed by atoms with E-state index < -0.39 is 11.6 Å². The Morgan fingerprint density at radius 2 is 1.89 bits per heavy atom. The van der Waals surface area contributed by atoms with Crippen LogP contribution in [-0.2, 0) is 6.42 Å². The SMILES string of the molecule is CN=C(NCCc1cccc(F)c1F)NCC1COc2ccccc2O1.I. The van der Waals surface area contributed by atoms with Gasteiger partial charge in [0, 0.05) is 13.6 Å². The van der Waals surface area contributed by atoms with Crippen molar-refractivity contribution < 1.29 is 18.3 Å². The average molecular weight is 489 g/mol. The van der Waals surface area contributed by atoms with Gasteiger partial charge in [-0.2, -0.15) is 0 Å². The van der Waals surface area contributed by atoms with Crippen molar-refractivity contribution in [2.24, 2.45) is 4.99 Å². The van der Waals surface area contributed by atoms with Crippen molar-refractivity contribution in [3.05, 3.63) is 59.7 Å². The molecule has 2 aromatic carbocycles. The Morgan fingerprint density at radius 3 is 2.67 bits per heavy atom. The molecule has 0 amide bonds. The van der Waals surface area contributed by atoms with Crippen LogP contribution in [0.2, 0.25) is 0 Å². The van der Waals surface area contributed by atoms with Gasteiger partial charge in [-0.25, -0.2) is 8.78 Å². The smallest absolute Gasteiger partial charge is 0.191 e. The van der Waals surface area contributed by atoms with E-state index in [0.717, 1.165) is 17.6 Å². The van der Waals surface area contributed by atoms with Crippen LogP contribution in [0.1, 0.15) is 5.56 Å². The van der Waals surface area contributed by atoms with Gasteiger partial charge in [0.1, 0.15) is 12.7 Å². The summed E-state index contributed by atoms with van der Waals surface area (Å²) in [7, 11) is 1.64. The Labute approximate surface area is 174 Å². The lowest BCUT2D eigenvalue weighted by molar-refractivity contribution is 0.0936. The molecule has 2 aromatic rings. The Hall–Kier alpha value is -2.10.